The third-order valence-corrected chi connectivity index (χ3v) is 5.72. The third-order valence-electron chi connectivity index (χ3n) is 5.72. The van der Waals surface area contributed by atoms with E-state index < -0.39 is 36.6 Å². The lowest BCUT2D eigenvalue weighted by molar-refractivity contribution is -0.146. The maximum absolute atomic E-state index is 12.6. The van der Waals surface area contributed by atoms with E-state index in [9.17, 15) is 19.2 Å². The summed E-state index contributed by atoms with van der Waals surface area (Å²) in [5, 5.41) is 2.65. The Balaban J connectivity index is 1.56. The number of esters is 1. The predicted molar refractivity (Wildman–Crippen MR) is 106 cm³/mol. The molecule has 0 spiro atoms. The van der Waals surface area contributed by atoms with Crippen molar-refractivity contribution in [1.82, 2.24) is 14.8 Å². The summed E-state index contributed by atoms with van der Waals surface area (Å²) in [6.07, 6.45) is 4.41. The summed E-state index contributed by atoms with van der Waals surface area (Å²) < 4.78 is 7.23. The first kappa shape index (κ1) is 21.1. The van der Waals surface area contributed by atoms with E-state index >= 15 is 0 Å². The van der Waals surface area contributed by atoms with E-state index in [0.717, 1.165) is 42.0 Å². The maximum Gasteiger partial charge on any atom is 0.326 e. The van der Waals surface area contributed by atoms with Gasteiger partial charge in [-0.15, -0.1) is 0 Å². The quantitative estimate of drug-likeness (QED) is 0.388. The summed E-state index contributed by atoms with van der Waals surface area (Å²) in [5.74, 6) is -1.51. The minimum Gasteiger partial charge on any atom is -0.456 e. The molecule has 29 heavy (non-hydrogen) atoms. The lowest BCUT2D eigenvalue weighted by Gasteiger charge is -2.21. The van der Waals surface area contributed by atoms with E-state index in [1.807, 2.05) is 26.8 Å². The second-order valence-corrected chi connectivity index (χ2v) is 8.23. The van der Waals surface area contributed by atoms with Crippen molar-refractivity contribution in [2.24, 2.45) is 0 Å². The van der Waals surface area contributed by atoms with Crippen molar-refractivity contribution in [3.05, 3.63) is 23.0 Å². The molecule has 0 aromatic carbocycles. The Morgan fingerprint density at radius 2 is 1.97 bits per heavy atom. The van der Waals surface area contributed by atoms with E-state index in [1.165, 1.54) is 0 Å². The molecule has 1 aromatic heterocycles. The molecular weight excluding hydrogens is 374 g/mol. The number of Topliss-reactive ketones (excluding diaryl/α,β-unsaturated/α-hetero) is 1. The fourth-order valence-electron chi connectivity index (χ4n) is 3.94. The number of hydrogen-bond acceptors (Lipinski definition) is 5. The molecule has 1 N–H and O–H groups in total. The number of urea groups is 1. The van der Waals surface area contributed by atoms with Crippen molar-refractivity contribution in [1.29, 1.82) is 0 Å². The molecule has 1 atom stereocenters. The number of amides is 3. The number of carbonyl (C=O) groups is 4. The van der Waals surface area contributed by atoms with Crippen molar-refractivity contribution in [2.45, 2.75) is 71.4 Å². The minimum atomic E-state index is -0.996. The highest BCUT2D eigenvalue weighted by atomic mass is 16.5. The van der Waals surface area contributed by atoms with E-state index in [1.54, 1.807) is 6.92 Å². The molecule has 2 aliphatic rings. The Kier molecular flexibility index (Phi) is 5.82. The molecule has 2 heterocycles. The first-order valence-electron chi connectivity index (χ1n) is 10.2. The highest BCUT2D eigenvalue weighted by Crippen LogP contribution is 2.38. The van der Waals surface area contributed by atoms with Crippen LogP contribution in [0.2, 0.25) is 0 Å². The van der Waals surface area contributed by atoms with Crippen LogP contribution in [0.4, 0.5) is 4.79 Å². The van der Waals surface area contributed by atoms with Gasteiger partial charge in [0, 0.05) is 23.0 Å². The molecular formula is C21H29N3O5. The van der Waals surface area contributed by atoms with Crippen LogP contribution >= 0.6 is 0 Å². The average Bonchev–Trinajstić information content (AvgIpc) is 3.42. The molecule has 0 bridgehead atoms. The van der Waals surface area contributed by atoms with Gasteiger partial charge in [-0.3, -0.25) is 19.3 Å². The third kappa shape index (κ3) is 4.21. The Bertz CT molecular complexity index is 855. The molecule has 8 heteroatoms. The first-order chi connectivity index (χ1) is 13.7. The number of nitrogens with one attached hydrogen (secondary N) is 1. The molecule has 158 valence electrons. The van der Waals surface area contributed by atoms with Crippen LogP contribution in [-0.2, 0) is 14.3 Å². The van der Waals surface area contributed by atoms with Gasteiger partial charge in [-0.05, 0) is 46.1 Å². The number of aromatic nitrogens is 1. The van der Waals surface area contributed by atoms with Gasteiger partial charge in [0.1, 0.15) is 12.1 Å². The van der Waals surface area contributed by atoms with Crippen molar-refractivity contribution in [2.75, 3.05) is 13.2 Å². The zero-order chi connectivity index (χ0) is 21.3. The lowest BCUT2D eigenvalue weighted by atomic mass is 9.95. The van der Waals surface area contributed by atoms with Crippen molar-refractivity contribution in [3.63, 3.8) is 0 Å². The summed E-state index contributed by atoms with van der Waals surface area (Å²) in [7, 11) is 0. The Morgan fingerprint density at radius 3 is 2.59 bits per heavy atom. The molecule has 0 unspecified atom stereocenters. The monoisotopic (exact) mass is 403 g/mol. The van der Waals surface area contributed by atoms with Crippen LogP contribution < -0.4 is 5.32 Å². The van der Waals surface area contributed by atoms with Gasteiger partial charge in [0.2, 0.25) is 5.78 Å². The number of hydrogen-bond donors (Lipinski definition) is 1. The zero-order valence-electron chi connectivity index (χ0n) is 17.5. The van der Waals surface area contributed by atoms with Gasteiger partial charge in [0.25, 0.3) is 5.91 Å². The number of aryl methyl sites for hydroxylation is 1. The van der Waals surface area contributed by atoms with Gasteiger partial charge >= 0.3 is 12.0 Å². The molecule has 8 nitrogen and oxygen atoms in total. The van der Waals surface area contributed by atoms with Crippen LogP contribution in [0.5, 0.6) is 0 Å². The van der Waals surface area contributed by atoms with Gasteiger partial charge in [0.15, 0.2) is 6.61 Å². The lowest BCUT2D eigenvalue weighted by Crippen LogP contribution is -2.44. The predicted octanol–water partition coefficient (Wildman–Crippen LogP) is 2.67. The molecule has 1 aromatic rings. The van der Waals surface area contributed by atoms with Crippen molar-refractivity contribution >= 4 is 23.7 Å². The number of imide groups is 1. The SMILES string of the molecule is CCCC[C@@]1(C)NC(=O)N(CC(=O)OCC(=O)c2cc(C)n(C3CC3)c2C)C1=O. The Morgan fingerprint density at radius 1 is 1.28 bits per heavy atom. The molecule has 1 saturated heterocycles. The zero-order valence-corrected chi connectivity index (χ0v) is 17.5. The molecule has 0 radical (unpaired) electrons. The summed E-state index contributed by atoms with van der Waals surface area (Å²) in [5.41, 5.74) is 1.45. The Hall–Kier alpha value is -2.64. The Labute approximate surface area is 170 Å². The van der Waals surface area contributed by atoms with Crippen LogP contribution in [0.3, 0.4) is 0 Å². The number of carbonyl (C=O) groups excluding carboxylic acids is 4. The second-order valence-electron chi connectivity index (χ2n) is 8.23. The van der Waals surface area contributed by atoms with Gasteiger partial charge in [0.05, 0.1) is 0 Å². The minimum absolute atomic E-state index is 0.289. The number of nitrogens with zero attached hydrogens (tertiary/aromatic N) is 2. The van der Waals surface area contributed by atoms with E-state index in [0.29, 0.717) is 18.0 Å². The average molecular weight is 403 g/mol. The second kappa shape index (κ2) is 8.00. The van der Waals surface area contributed by atoms with Gasteiger partial charge in [-0.25, -0.2) is 4.79 Å². The first-order valence-corrected chi connectivity index (χ1v) is 10.2. The number of rotatable bonds is 9. The molecule has 3 amide bonds. The largest absolute Gasteiger partial charge is 0.456 e. The fourth-order valence-corrected chi connectivity index (χ4v) is 3.94. The van der Waals surface area contributed by atoms with Gasteiger partial charge < -0.3 is 14.6 Å². The fraction of sp³-hybridized carbons (Fsp3) is 0.619. The molecule has 3 rings (SSSR count). The molecule has 2 fully saturated rings. The summed E-state index contributed by atoms with van der Waals surface area (Å²) in [6, 6.07) is 1.67. The summed E-state index contributed by atoms with van der Waals surface area (Å²) >= 11 is 0. The highest BCUT2D eigenvalue weighted by Gasteiger charge is 2.47. The van der Waals surface area contributed by atoms with Gasteiger partial charge in [-0.2, -0.15) is 0 Å². The normalized spacial score (nSPS) is 21.4. The number of unbranched alkanes of at least 4 members (excludes halogenated alkanes) is 1. The maximum atomic E-state index is 12.6. The van der Waals surface area contributed by atoms with E-state index in [2.05, 4.69) is 9.88 Å². The number of ketones is 1. The molecule has 1 saturated carbocycles. The van der Waals surface area contributed by atoms with E-state index in [4.69, 9.17) is 4.74 Å². The van der Waals surface area contributed by atoms with Crippen LogP contribution in [-0.4, -0.2) is 51.8 Å². The van der Waals surface area contributed by atoms with Crippen molar-refractivity contribution in [3.8, 4) is 0 Å². The topological polar surface area (TPSA) is 97.7 Å². The summed E-state index contributed by atoms with van der Waals surface area (Å²) in [4.78, 5) is 50.2. The van der Waals surface area contributed by atoms with Crippen LogP contribution in [0.1, 0.15) is 73.7 Å². The van der Waals surface area contributed by atoms with Crippen molar-refractivity contribution < 1.29 is 23.9 Å². The standard InChI is InChI=1S/C21H29N3O5/c1-5-6-9-21(4)19(27)23(20(28)22-21)11-18(26)29-12-17(25)16-10-13(2)24(14(16)3)15-7-8-15/h10,15H,5-9,11-12H2,1-4H3,(H,22,28)/t21-/m1/s1. The van der Waals surface area contributed by atoms with E-state index in [-0.39, 0.29) is 5.78 Å². The van der Waals surface area contributed by atoms with Gasteiger partial charge in [-0.1, -0.05) is 19.8 Å². The summed E-state index contributed by atoms with van der Waals surface area (Å²) in [6.45, 7) is 6.60. The smallest absolute Gasteiger partial charge is 0.326 e. The van der Waals surface area contributed by atoms with Crippen LogP contribution in [0.15, 0.2) is 6.07 Å². The molecule has 1 aliphatic heterocycles. The van der Waals surface area contributed by atoms with Crippen LogP contribution in [0, 0.1) is 13.8 Å². The highest BCUT2D eigenvalue weighted by molar-refractivity contribution is 6.08. The number of ether oxygens (including phenoxy) is 1. The molecule has 1 aliphatic carbocycles. The van der Waals surface area contributed by atoms with Crippen LogP contribution in [0.25, 0.3) is 0 Å².